The molecule has 0 aromatic heterocycles. The first-order valence-corrected chi connectivity index (χ1v) is 3.16. The fourth-order valence-corrected chi connectivity index (χ4v) is 0.466. The molecule has 5 heteroatoms. The number of hydrogen-bond donors (Lipinski definition) is 2. The minimum absolute atomic E-state index is 0.201. The zero-order valence-corrected chi connectivity index (χ0v) is 6.71. The van der Waals surface area contributed by atoms with Gasteiger partial charge in [-0.2, -0.15) is 0 Å². The van der Waals surface area contributed by atoms with E-state index in [4.69, 9.17) is 11.5 Å². The Bertz CT molecular complexity index is 141. The molecule has 0 aromatic rings. The van der Waals surface area contributed by atoms with Crippen LogP contribution < -0.4 is 11.5 Å². The molecule has 0 heterocycles. The average Bonchev–Trinajstić information content (AvgIpc) is 1.63. The summed E-state index contributed by atoms with van der Waals surface area (Å²) >= 11 is 2.42. The third kappa shape index (κ3) is 4.14. The zero-order chi connectivity index (χ0) is 7.44. The molecule has 0 rings (SSSR count). The number of aliphatic imine (C=N–C) groups is 1. The molecule has 9 heavy (non-hydrogen) atoms. The molecule has 51 valence electrons. The number of rotatable bonds is 2. The van der Waals surface area contributed by atoms with Gasteiger partial charge in [0.25, 0.3) is 0 Å². The van der Waals surface area contributed by atoms with Crippen molar-refractivity contribution in [3.05, 3.63) is 0 Å². The van der Waals surface area contributed by atoms with Crippen LogP contribution in [0.15, 0.2) is 4.99 Å². The summed E-state index contributed by atoms with van der Waals surface area (Å²) in [4.78, 5) is 13.9. The number of carbonyl (C=O) groups excluding carboxylic acids is 1. The van der Waals surface area contributed by atoms with Gasteiger partial charge in [0.15, 0.2) is 0 Å². The number of ketones is 1. The van der Waals surface area contributed by atoms with Crippen molar-refractivity contribution in [3.8, 4) is 0 Å². The van der Waals surface area contributed by atoms with Gasteiger partial charge in [0.05, 0.1) is 0 Å². The van der Waals surface area contributed by atoms with Crippen molar-refractivity contribution in [2.24, 2.45) is 16.5 Å². The first-order valence-electron chi connectivity index (χ1n) is 2.30. The molecule has 1 atom stereocenters. The number of nitrogens with two attached hydrogens (primary N) is 2. The van der Waals surface area contributed by atoms with Crippen LogP contribution in [0.1, 0.15) is 6.92 Å². The summed E-state index contributed by atoms with van der Waals surface area (Å²) in [5.41, 5.74) is 10.3. The first kappa shape index (κ1) is 8.62. The van der Waals surface area contributed by atoms with Gasteiger partial charge in [-0.05, 0) is 0 Å². The number of hydrogen-bond acceptors (Lipinski definition) is 3. The molecule has 4 nitrogen and oxygen atoms in total. The van der Waals surface area contributed by atoms with Crippen LogP contribution in [0.4, 0.5) is 0 Å². The van der Waals surface area contributed by atoms with Gasteiger partial charge in [0.2, 0.25) is 0 Å². The SMILES string of the molecule is CC(=O)C(N)N=C(N)[Se]. The fraction of sp³-hybridized carbons (Fsp3) is 0.500. The second-order valence-corrected chi connectivity index (χ2v) is 2.40. The van der Waals surface area contributed by atoms with Crippen LogP contribution >= 0.6 is 0 Å². The van der Waals surface area contributed by atoms with E-state index in [0.29, 0.717) is 0 Å². The Balaban J connectivity index is 3.91. The quantitative estimate of drug-likeness (QED) is 0.313. The summed E-state index contributed by atoms with van der Waals surface area (Å²) in [6, 6.07) is 0. The molecule has 0 aliphatic carbocycles. The minimum atomic E-state index is -0.814. The van der Waals surface area contributed by atoms with Gasteiger partial charge in [-0.3, -0.25) is 0 Å². The van der Waals surface area contributed by atoms with E-state index in [0.717, 1.165) is 0 Å². The molecule has 1 unspecified atom stereocenters. The van der Waals surface area contributed by atoms with Gasteiger partial charge in [0.1, 0.15) is 0 Å². The van der Waals surface area contributed by atoms with Crippen molar-refractivity contribution in [1.82, 2.24) is 0 Å². The standard InChI is InChI=1S/C4H8N3OSe/c1-2(8)3(5)7-4(6)9/h3H,5H2,1H3,(H2,6,7). The van der Waals surface area contributed by atoms with E-state index < -0.39 is 6.17 Å². The Morgan fingerprint density at radius 2 is 2.22 bits per heavy atom. The summed E-state index contributed by atoms with van der Waals surface area (Å²) in [5, 5.41) is 0. The summed E-state index contributed by atoms with van der Waals surface area (Å²) < 4.78 is 0.206. The van der Waals surface area contributed by atoms with Crippen molar-refractivity contribution < 1.29 is 4.79 Å². The van der Waals surface area contributed by atoms with Gasteiger partial charge >= 0.3 is 60.9 Å². The van der Waals surface area contributed by atoms with Crippen LogP contribution in [0.25, 0.3) is 0 Å². The molecular weight excluding hydrogens is 185 g/mol. The van der Waals surface area contributed by atoms with E-state index >= 15 is 0 Å². The fourth-order valence-electron chi connectivity index (χ4n) is 0.228. The van der Waals surface area contributed by atoms with E-state index in [1.165, 1.54) is 6.92 Å². The Morgan fingerprint density at radius 1 is 1.78 bits per heavy atom. The Morgan fingerprint density at radius 3 is 2.33 bits per heavy atom. The molecule has 0 bridgehead atoms. The number of amidine groups is 1. The molecule has 0 aromatic carbocycles. The summed E-state index contributed by atoms with van der Waals surface area (Å²) in [7, 11) is 0. The molecular formula is C4H8N3OSe. The van der Waals surface area contributed by atoms with Crippen LogP contribution in [0.5, 0.6) is 0 Å². The van der Waals surface area contributed by atoms with Crippen molar-refractivity contribution in [3.63, 3.8) is 0 Å². The van der Waals surface area contributed by atoms with Crippen LogP contribution in [0, 0.1) is 0 Å². The van der Waals surface area contributed by atoms with E-state index in [-0.39, 0.29) is 10.5 Å². The van der Waals surface area contributed by atoms with E-state index in [9.17, 15) is 4.79 Å². The van der Waals surface area contributed by atoms with E-state index in [1.54, 1.807) is 0 Å². The topological polar surface area (TPSA) is 81.5 Å². The van der Waals surface area contributed by atoms with Crippen molar-refractivity contribution >= 4 is 26.5 Å². The molecule has 0 spiro atoms. The molecule has 0 amide bonds. The molecule has 0 saturated carbocycles. The Hall–Kier alpha value is -0.381. The summed E-state index contributed by atoms with van der Waals surface area (Å²) in [6.07, 6.45) is -0.814. The summed E-state index contributed by atoms with van der Waals surface area (Å²) in [5.74, 6) is -0.201. The maximum atomic E-state index is 10.4. The second-order valence-electron chi connectivity index (χ2n) is 1.52. The average molecular weight is 193 g/mol. The summed E-state index contributed by atoms with van der Waals surface area (Å²) in [6.45, 7) is 1.36. The normalized spacial score (nSPS) is 15.1. The van der Waals surface area contributed by atoms with Gasteiger partial charge in [-0.15, -0.1) is 0 Å². The van der Waals surface area contributed by atoms with Crippen LogP contribution in [-0.4, -0.2) is 32.7 Å². The third-order valence-electron chi connectivity index (χ3n) is 0.683. The monoisotopic (exact) mass is 194 g/mol. The van der Waals surface area contributed by atoms with E-state index in [1.807, 2.05) is 0 Å². The molecule has 4 N–H and O–H groups in total. The number of nitrogens with zero attached hydrogens (tertiary/aromatic N) is 1. The van der Waals surface area contributed by atoms with Crippen LogP contribution in [0.2, 0.25) is 0 Å². The first-order chi connectivity index (χ1) is 4.04. The molecule has 0 aliphatic rings. The Kier molecular flexibility index (Phi) is 3.46. The van der Waals surface area contributed by atoms with Gasteiger partial charge in [-0.25, -0.2) is 0 Å². The van der Waals surface area contributed by atoms with Crippen molar-refractivity contribution in [2.45, 2.75) is 13.1 Å². The van der Waals surface area contributed by atoms with Gasteiger partial charge in [0, 0.05) is 0 Å². The molecule has 0 fully saturated rings. The predicted molar refractivity (Wildman–Crippen MR) is 36.0 cm³/mol. The Labute approximate surface area is 61.5 Å². The number of carbonyl (C=O) groups is 1. The van der Waals surface area contributed by atoms with Gasteiger partial charge in [-0.1, -0.05) is 0 Å². The van der Waals surface area contributed by atoms with Crippen molar-refractivity contribution in [1.29, 1.82) is 0 Å². The van der Waals surface area contributed by atoms with Gasteiger partial charge < -0.3 is 0 Å². The van der Waals surface area contributed by atoms with Crippen LogP contribution in [0.3, 0.4) is 0 Å². The van der Waals surface area contributed by atoms with Crippen molar-refractivity contribution in [2.75, 3.05) is 0 Å². The van der Waals surface area contributed by atoms with E-state index in [2.05, 4.69) is 21.0 Å². The van der Waals surface area contributed by atoms with Crippen LogP contribution in [-0.2, 0) is 4.79 Å². The third-order valence-corrected chi connectivity index (χ3v) is 0.904. The second kappa shape index (κ2) is 3.61. The molecule has 1 radical (unpaired) electrons. The maximum absolute atomic E-state index is 10.4. The predicted octanol–water partition coefficient (Wildman–Crippen LogP) is -1.66. The molecule has 0 saturated heterocycles. The number of Topliss-reactive ketones (excluding diaryl/α,β-unsaturated/α-hetero) is 1. The zero-order valence-electron chi connectivity index (χ0n) is 5.00. The molecule has 0 aliphatic heterocycles.